The number of carbonyl (C=O) groups is 2. The van der Waals surface area contributed by atoms with Crippen LogP contribution in [0.15, 0.2) is 11.6 Å². The Bertz CT molecular complexity index is 907. The molecule has 6 heteroatoms. The quantitative estimate of drug-likeness (QED) is 0.823. The third-order valence-electron chi connectivity index (χ3n) is 5.37. The summed E-state index contributed by atoms with van der Waals surface area (Å²) in [6, 6.07) is 2.15. The van der Waals surface area contributed by atoms with E-state index < -0.39 is 11.9 Å². The minimum Gasteiger partial charge on any atom is -0.481 e. The van der Waals surface area contributed by atoms with Crippen molar-refractivity contribution in [2.24, 2.45) is 0 Å². The number of ether oxygens (including phenoxy) is 1. The van der Waals surface area contributed by atoms with Crippen molar-refractivity contribution in [3.63, 3.8) is 0 Å². The first kappa shape index (κ1) is 18.2. The van der Waals surface area contributed by atoms with Crippen LogP contribution in [-0.4, -0.2) is 33.2 Å². The molecule has 0 saturated heterocycles. The highest BCUT2D eigenvalue weighted by Gasteiger charge is 2.31. The van der Waals surface area contributed by atoms with Crippen molar-refractivity contribution >= 4 is 17.5 Å². The number of allylic oxidation sites excluding steroid dienone is 2. The molecule has 0 aromatic carbocycles. The molecule has 0 amide bonds. The van der Waals surface area contributed by atoms with Gasteiger partial charge in [0.05, 0.1) is 24.8 Å². The Kier molecular flexibility index (Phi) is 4.61. The number of carbonyl (C=O) groups excluding carboxylic acids is 1. The Morgan fingerprint density at radius 1 is 1.31 bits per heavy atom. The zero-order valence-electron chi connectivity index (χ0n) is 15.8. The van der Waals surface area contributed by atoms with Crippen LogP contribution in [0.3, 0.4) is 0 Å². The fraction of sp³-hybridized carbons (Fsp3) is 0.450. The number of hydrogen-bond acceptors (Lipinski definition) is 4. The number of carboxylic acid groups (broad SMARTS) is 1. The van der Waals surface area contributed by atoms with Crippen molar-refractivity contribution in [2.45, 2.75) is 53.5 Å². The zero-order valence-corrected chi connectivity index (χ0v) is 15.8. The smallest absolute Gasteiger partial charge is 0.357 e. The van der Waals surface area contributed by atoms with E-state index in [-0.39, 0.29) is 19.1 Å². The monoisotopic (exact) mass is 356 g/mol. The van der Waals surface area contributed by atoms with Crippen LogP contribution in [0.25, 0.3) is 16.8 Å². The molecule has 0 aromatic rings. The molecule has 0 aliphatic carbocycles. The lowest BCUT2D eigenvalue weighted by molar-refractivity contribution is -0.137. The summed E-state index contributed by atoms with van der Waals surface area (Å²) in [5.74, 6) is -1.28. The van der Waals surface area contributed by atoms with Crippen molar-refractivity contribution in [3.8, 4) is 11.3 Å². The summed E-state index contributed by atoms with van der Waals surface area (Å²) in [6.07, 6.45) is 0.419. The molecule has 0 aromatic heterocycles. The number of nitrogens with zero attached hydrogens (tertiary/aromatic N) is 2. The molecule has 3 aliphatic heterocycles. The summed E-state index contributed by atoms with van der Waals surface area (Å²) < 4.78 is 7.32. The normalized spacial score (nSPS) is 16.3. The minimum atomic E-state index is -0.841. The minimum absolute atomic E-state index is 0.0305. The van der Waals surface area contributed by atoms with Crippen molar-refractivity contribution in [3.05, 3.63) is 34.3 Å². The van der Waals surface area contributed by atoms with Crippen LogP contribution in [0.4, 0.5) is 0 Å². The summed E-state index contributed by atoms with van der Waals surface area (Å²) in [7, 11) is 0. The summed E-state index contributed by atoms with van der Waals surface area (Å²) >= 11 is 0. The van der Waals surface area contributed by atoms with E-state index in [0.29, 0.717) is 12.1 Å². The average molecular weight is 356 g/mol. The van der Waals surface area contributed by atoms with Crippen molar-refractivity contribution in [1.82, 2.24) is 9.55 Å². The third-order valence-corrected chi connectivity index (χ3v) is 5.37. The standard InChI is InChI=1S/C20H24N2O4/c1-6-26-20(25)19-12(4)18-14(21-19)9-16-11(3)10(2)13(5)22(16)15(18)7-8-17(23)24/h9,13H,6-8H2,1-5H3,(H,23,24)/t13-/m1/s1. The number of aromatic nitrogens is 2. The molecule has 26 heavy (non-hydrogen) atoms. The van der Waals surface area contributed by atoms with Gasteiger partial charge < -0.3 is 14.4 Å². The maximum absolute atomic E-state index is 12.3. The second-order valence-corrected chi connectivity index (χ2v) is 6.79. The predicted octanol–water partition coefficient (Wildman–Crippen LogP) is 3.86. The first-order valence-corrected chi connectivity index (χ1v) is 8.88. The molecule has 3 heterocycles. The SMILES string of the molecule is CCOC(=O)c1nc2cc3n(c(CCC(=O)O)c-2c1C)[C@H](C)C(C)=C3C. The van der Waals surface area contributed by atoms with E-state index in [9.17, 15) is 14.7 Å². The van der Waals surface area contributed by atoms with Gasteiger partial charge in [0.15, 0.2) is 5.69 Å². The number of carboxylic acids is 1. The van der Waals surface area contributed by atoms with Gasteiger partial charge in [0.1, 0.15) is 0 Å². The number of fused-ring (bicyclic) bond motifs is 2. The van der Waals surface area contributed by atoms with Gasteiger partial charge in [0.2, 0.25) is 0 Å². The first-order chi connectivity index (χ1) is 12.3. The highest BCUT2D eigenvalue weighted by molar-refractivity contribution is 5.94. The van der Waals surface area contributed by atoms with E-state index in [4.69, 9.17) is 4.74 Å². The molecule has 3 rings (SSSR count). The Hall–Kier alpha value is -2.63. The van der Waals surface area contributed by atoms with E-state index in [0.717, 1.165) is 28.2 Å². The summed E-state index contributed by atoms with van der Waals surface area (Å²) in [5.41, 5.74) is 7.05. The topological polar surface area (TPSA) is 81.4 Å². The van der Waals surface area contributed by atoms with E-state index in [1.807, 2.05) is 13.0 Å². The Labute approximate surface area is 152 Å². The molecule has 0 bridgehead atoms. The molecule has 138 valence electrons. The summed E-state index contributed by atoms with van der Waals surface area (Å²) in [6.45, 7) is 10.2. The van der Waals surface area contributed by atoms with Crippen LogP contribution in [-0.2, 0) is 16.0 Å². The second kappa shape index (κ2) is 6.59. The molecule has 6 nitrogen and oxygen atoms in total. The number of esters is 1. The van der Waals surface area contributed by atoms with Gasteiger partial charge in [-0.25, -0.2) is 9.78 Å². The van der Waals surface area contributed by atoms with Gasteiger partial charge >= 0.3 is 11.9 Å². The Balaban J connectivity index is 2.27. The van der Waals surface area contributed by atoms with Crippen LogP contribution in [0.2, 0.25) is 0 Å². The lowest BCUT2D eigenvalue weighted by Gasteiger charge is -2.22. The van der Waals surface area contributed by atoms with Gasteiger partial charge in [-0.2, -0.15) is 0 Å². The fourth-order valence-electron chi connectivity index (χ4n) is 3.81. The largest absolute Gasteiger partial charge is 0.481 e. The van der Waals surface area contributed by atoms with Gasteiger partial charge in [-0.3, -0.25) is 4.79 Å². The number of aliphatic carboxylic acids is 1. The molecular formula is C20H24N2O4. The lowest BCUT2D eigenvalue weighted by Crippen LogP contribution is -2.14. The van der Waals surface area contributed by atoms with E-state index in [1.165, 1.54) is 11.1 Å². The van der Waals surface area contributed by atoms with Gasteiger partial charge in [0, 0.05) is 17.0 Å². The Morgan fingerprint density at radius 3 is 2.62 bits per heavy atom. The van der Waals surface area contributed by atoms with Gasteiger partial charge in [-0.1, -0.05) is 0 Å². The molecule has 0 radical (unpaired) electrons. The van der Waals surface area contributed by atoms with E-state index in [1.54, 1.807) is 6.92 Å². The number of pyridine rings is 1. The fourth-order valence-corrected chi connectivity index (χ4v) is 3.81. The Morgan fingerprint density at radius 2 is 2.00 bits per heavy atom. The molecule has 0 unspecified atom stereocenters. The van der Waals surface area contributed by atoms with Gasteiger partial charge in [0.25, 0.3) is 0 Å². The predicted molar refractivity (Wildman–Crippen MR) is 98.5 cm³/mol. The van der Waals surface area contributed by atoms with Crippen molar-refractivity contribution in [2.75, 3.05) is 6.61 Å². The molecular weight excluding hydrogens is 332 g/mol. The van der Waals surface area contributed by atoms with Crippen LogP contribution >= 0.6 is 0 Å². The van der Waals surface area contributed by atoms with Crippen molar-refractivity contribution in [1.29, 1.82) is 0 Å². The maximum atomic E-state index is 12.3. The summed E-state index contributed by atoms with van der Waals surface area (Å²) in [5, 5.41) is 9.19. The van der Waals surface area contributed by atoms with Crippen LogP contribution < -0.4 is 0 Å². The maximum Gasteiger partial charge on any atom is 0.357 e. The second-order valence-electron chi connectivity index (χ2n) is 6.79. The van der Waals surface area contributed by atoms with E-state index in [2.05, 4.69) is 30.3 Å². The number of hydrogen-bond donors (Lipinski definition) is 1. The molecule has 3 aliphatic rings. The van der Waals surface area contributed by atoms with Crippen LogP contribution in [0.5, 0.6) is 0 Å². The van der Waals surface area contributed by atoms with Crippen LogP contribution in [0, 0.1) is 6.92 Å². The van der Waals surface area contributed by atoms with E-state index >= 15 is 0 Å². The van der Waals surface area contributed by atoms with Gasteiger partial charge in [-0.15, -0.1) is 0 Å². The summed E-state index contributed by atoms with van der Waals surface area (Å²) in [4.78, 5) is 28.0. The molecule has 0 spiro atoms. The highest BCUT2D eigenvalue weighted by atomic mass is 16.5. The highest BCUT2D eigenvalue weighted by Crippen LogP contribution is 2.43. The van der Waals surface area contributed by atoms with Crippen LogP contribution in [0.1, 0.15) is 67.6 Å². The third kappa shape index (κ3) is 2.69. The first-order valence-electron chi connectivity index (χ1n) is 8.88. The lowest BCUT2D eigenvalue weighted by atomic mass is 9.99. The molecule has 0 fully saturated rings. The zero-order chi connectivity index (χ0) is 19.2. The molecule has 1 atom stereocenters. The molecule has 0 saturated carbocycles. The van der Waals surface area contributed by atoms with Crippen molar-refractivity contribution < 1.29 is 19.4 Å². The average Bonchev–Trinajstić information content (AvgIpc) is 3.03. The number of rotatable bonds is 5. The van der Waals surface area contributed by atoms with Gasteiger partial charge in [-0.05, 0) is 63.8 Å². The molecule has 1 N–H and O–H groups in total.